The van der Waals surface area contributed by atoms with Gasteiger partial charge in [-0.15, -0.1) is 0 Å². The van der Waals surface area contributed by atoms with Gasteiger partial charge in [-0.25, -0.2) is 4.99 Å². The Bertz CT molecular complexity index is 763. The molecule has 0 saturated carbocycles. The minimum absolute atomic E-state index is 0.109. The highest BCUT2D eigenvalue weighted by atomic mass is 16.5. The van der Waals surface area contributed by atoms with Crippen LogP contribution >= 0.6 is 0 Å². The Morgan fingerprint density at radius 1 is 1.00 bits per heavy atom. The summed E-state index contributed by atoms with van der Waals surface area (Å²) in [6.07, 6.45) is 0.889. The highest BCUT2D eigenvalue weighted by Gasteiger charge is 2.04. The molecule has 0 bridgehead atoms. The van der Waals surface area contributed by atoms with E-state index in [9.17, 15) is 5.11 Å². The Morgan fingerprint density at radius 2 is 1.76 bits per heavy atom. The number of hydrogen-bond donors (Lipinski definition) is 3. The molecular formula is C22H31N3O4. The molecule has 0 aromatic heterocycles. The molecule has 0 spiro atoms. The van der Waals surface area contributed by atoms with Crippen LogP contribution in [0.1, 0.15) is 24.5 Å². The van der Waals surface area contributed by atoms with Gasteiger partial charge in [0, 0.05) is 26.3 Å². The smallest absolute Gasteiger partial charge is 0.191 e. The third kappa shape index (κ3) is 7.91. The highest BCUT2D eigenvalue weighted by Crippen LogP contribution is 2.26. The van der Waals surface area contributed by atoms with Crippen molar-refractivity contribution in [3.05, 3.63) is 53.6 Å². The number of guanidine groups is 1. The van der Waals surface area contributed by atoms with E-state index in [1.54, 1.807) is 19.2 Å². The number of phenolic OH excluding ortho intramolecular Hbond substituents is 1. The summed E-state index contributed by atoms with van der Waals surface area (Å²) in [4.78, 5) is 4.63. The van der Waals surface area contributed by atoms with E-state index in [1.807, 2.05) is 37.3 Å². The van der Waals surface area contributed by atoms with Gasteiger partial charge in [-0.3, -0.25) is 0 Å². The van der Waals surface area contributed by atoms with E-state index < -0.39 is 0 Å². The van der Waals surface area contributed by atoms with Crippen LogP contribution in [0.5, 0.6) is 17.2 Å². The second kappa shape index (κ2) is 12.5. The van der Waals surface area contributed by atoms with Gasteiger partial charge in [0.25, 0.3) is 0 Å². The molecule has 0 aliphatic heterocycles. The zero-order chi connectivity index (χ0) is 20.9. The van der Waals surface area contributed by atoms with Crippen LogP contribution in [0.25, 0.3) is 0 Å². The molecule has 0 amide bonds. The van der Waals surface area contributed by atoms with Crippen molar-refractivity contribution in [3.8, 4) is 17.2 Å². The average Bonchev–Trinajstić information content (AvgIpc) is 2.75. The second-order valence-electron chi connectivity index (χ2n) is 6.35. The molecule has 7 nitrogen and oxygen atoms in total. The fourth-order valence-corrected chi connectivity index (χ4v) is 2.63. The Balaban J connectivity index is 1.98. The molecule has 3 N–H and O–H groups in total. The lowest BCUT2D eigenvalue weighted by Gasteiger charge is -2.13. The maximum atomic E-state index is 9.95. The van der Waals surface area contributed by atoms with Crippen molar-refractivity contribution in [3.63, 3.8) is 0 Å². The van der Waals surface area contributed by atoms with E-state index in [0.717, 1.165) is 36.4 Å². The van der Waals surface area contributed by atoms with Crippen LogP contribution in [0.3, 0.4) is 0 Å². The average molecular weight is 402 g/mol. The first-order valence-corrected chi connectivity index (χ1v) is 9.75. The van der Waals surface area contributed by atoms with E-state index in [1.165, 1.54) is 7.11 Å². The van der Waals surface area contributed by atoms with Crippen LogP contribution in [0.15, 0.2) is 47.5 Å². The lowest BCUT2D eigenvalue weighted by Crippen LogP contribution is -2.37. The molecule has 0 unspecified atom stereocenters. The van der Waals surface area contributed by atoms with Crippen LogP contribution in [0.2, 0.25) is 0 Å². The largest absolute Gasteiger partial charge is 0.504 e. The van der Waals surface area contributed by atoms with Gasteiger partial charge in [0.05, 0.1) is 20.8 Å². The lowest BCUT2D eigenvalue weighted by atomic mass is 10.2. The lowest BCUT2D eigenvalue weighted by molar-refractivity contribution is 0.145. The molecule has 2 aromatic rings. The first kappa shape index (κ1) is 22.4. The van der Waals surface area contributed by atoms with Gasteiger partial charge in [-0.05, 0) is 48.7 Å². The maximum absolute atomic E-state index is 9.95. The Labute approximate surface area is 172 Å². The third-order valence-electron chi connectivity index (χ3n) is 4.24. The zero-order valence-electron chi connectivity index (χ0n) is 17.4. The molecule has 7 heteroatoms. The molecular weight excluding hydrogens is 370 g/mol. The van der Waals surface area contributed by atoms with Gasteiger partial charge in [-0.1, -0.05) is 18.2 Å². The number of hydrogen-bond acceptors (Lipinski definition) is 5. The molecule has 0 saturated heterocycles. The van der Waals surface area contributed by atoms with E-state index in [-0.39, 0.29) is 5.75 Å². The molecule has 0 radical (unpaired) electrons. The van der Waals surface area contributed by atoms with Crippen LogP contribution in [0, 0.1) is 0 Å². The Morgan fingerprint density at radius 3 is 2.41 bits per heavy atom. The van der Waals surface area contributed by atoms with Crippen molar-refractivity contribution in [2.45, 2.75) is 26.4 Å². The minimum atomic E-state index is 0.109. The molecule has 0 atom stereocenters. The van der Waals surface area contributed by atoms with Gasteiger partial charge >= 0.3 is 0 Å². The van der Waals surface area contributed by atoms with Gasteiger partial charge < -0.3 is 30.0 Å². The van der Waals surface area contributed by atoms with E-state index in [2.05, 4.69) is 15.6 Å². The summed E-state index contributed by atoms with van der Waals surface area (Å²) >= 11 is 0. The van der Waals surface area contributed by atoms with Gasteiger partial charge in [0.2, 0.25) is 0 Å². The first-order valence-electron chi connectivity index (χ1n) is 9.75. The van der Waals surface area contributed by atoms with Crippen LogP contribution in [-0.4, -0.2) is 45.0 Å². The number of aromatic hydroxyl groups is 1. The van der Waals surface area contributed by atoms with Gasteiger partial charge in [0.15, 0.2) is 17.5 Å². The molecule has 2 rings (SSSR count). The second-order valence-corrected chi connectivity index (χ2v) is 6.35. The van der Waals surface area contributed by atoms with Gasteiger partial charge in [-0.2, -0.15) is 0 Å². The van der Waals surface area contributed by atoms with Crippen molar-refractivity contribution < 1.29 is 19.3 Å². The standard InChI is InChI=1S/C22H31N3O4/c1-4-29-13-5-12-23-22(24-15-17-6-9-19(27-2)10-7-17)25-16-18-8-11-21(28-3)20(26)14-18/h6-11,14,26H,4-5,12-13,15-16H2,1-3H3,(H2,23,24,25). The summed E-state index contributed by atoms with van der Waals surface area (Å²) in [7, 11) is 3.18. The first-order chi connectivity index (χ1) is 14.2. The summed E-state index contributed by atoms with van der Waals surface area (Å²) in [5, 5.41) is 16.6. The Kier molecular flexibility index (Phi) is 9.65. The summed E-state index contributed by atoms with van der Waals surface area (Å²) < 4.78 is 15.7. The number of rotatable bonds is 11. The highest BCUT2D eigenvalue weighted by molar-refractivity contribution is 5.79. The molecule has 0 fully saturated rings. The van der Waals surface area contributed by atoms with E-state index in [0.29, 0.717) is 31.4 Å². The van der Waals surface area contributed by atoms with E-state index >= 15 is 0 Å². The van der Waals surface area contributed by atoms with Crippen LogP contribution in [0.4, 0.5) is 0 Å². The molecule has 29 heavy (non-hydrogen) atoms. The maximum Gasteiger partial charge on any atom is 0.191 e. The van der Waals surface area contributed by atoms with E-state index in [4.69, 9.17) is 14.2 Å². The normalized spacial score (nSPS) is 11.2. The fraction of sp³-hybridized carbons (Fsp3) is 0.409. The third-order valence-corrected chi connectivity index (χ3v) is 4.24. The zero-order valence-corrected chi connectivity index (χ0v) is 17.4. The number of aliphatic imine (C=N–C) groups is 1. The molecule has 2 aromatic carbocycles. The van der Waals surface area contributed by atoms with Crippen molar-refractivity contribution in [1.82, 2.24) is 10.6 Å². The number of nitrogens with one attached hydrogen (secondary N) is 2. The minimum Gasteiger partial charge on any atom is -0.504 e. The fourth-order valence-electron chi connectivity index (χ4n) is 2.63. The quantitative estimate of drug-likeness (QED) is 0.305. The number of benzene rings is 2. The van der Waals surface area contributed by atoms with Gasteiger partial charge in [0.1, 0.15) is 5.75 Å². The van der Waals surface area contributed by atoms with Crippen molar-refractivity contribution in [1.29, 1.82) is 0 Å². The van der Waals surface area contributed by atoms with Crippen LogP contribution < -0.4 is 20.1 Å². The summed E-state index contributed by atoms with van der Waals surface area (Å²) in [6.45, 7) is 5.23. The topological polar surface area (TPSA) is 84.3 Å². The molecule has 0 aliphatic rings. The molecule has 0 aliphatic carbocycles. The number of methoxy groups -OCH3 is 2. The molecule has 158 valence electrons. The SMILES string of the molecule is CCOCCCNC(=NCc1ccc(OC)c(O)c1)NCc1ccc(OC)cc1. The number of ether oxygens (including phenoxy) is 3. The predicted molar refractivity (Wildman–Crippen MR) is 115 cm³/mol. The molecule has 0 heterocycles. The summed E-state index contributed by atoms with van der Waals surface area (Å²) in [5.74, 6) is 2.09. The number of phenols is 1. The monoisotopic (exact) mass is 401 g/mol. The van der Waals surface area contributed by atoms with Crippen molar-refractivity contribution in [2.24, 2.45) is 4.99 Å². The Hall–Kier alpha value is -2.93. The summed E-state index contributed by atoms with van der Waals surface area (Å²) in [6, 6.07) is 13.2. The van der Waals surface area contributed by atoms with Crippen molar-refractivity contribution >= 4 is 5.96 Å². The predicted octanol–water partition coefficient (Wildman–Crippen LogP) is 3.07. The number of nitrogens with zero attached hydrogens (tertiary/aromatic N) is 1. The van der Waals surface area contributed by atoms with Crippen molar-refractivity contribution in [2.75, 3.05) is 34.0 Å². The summed E-state index contributed by atoms with van der Waals surface area (Å²) in [5.41, 5.74) is 2.01. The van der Waals surface area contributed by atoms with Crippen LogP contribution in [-0.2, 0) is 17.8 Å².